The molecule has 0 atom stereocenters. The molecule has 0 nitrogen and oxygen atoms in total. The van der Waals surface area contributed by atoms with Crippen LogP contribution in [0.1, 0.15) is 0 Å². The maximum atomic E-state index is 4.57. The van der Waals surface area contributed by atoms with Gasteiger partial charge in [-0.1, -0.05) is 0 Å². The van der Waals surface area contributed by atoms with E-state index in [1.807, 2.05) is 17.3 Å². The molecule has 0 aromatic heterocycles. The Morgan fingerprint density at radius 3 is 1.25 bits per heavy atom. The molecule has 0 saturated heterocycles. The maximum Gasteiger partial charge on any atom is 1.00 e. The fourth-order valence-corrected chi connectivity index (χ4v) is 0. The zero-order valence-corrected chi connectivity index (χ0v) is 4.60. The Balaban J connectivity index is -0.00000000500. The fraction of sp³-hybridized carbons (Fsp3) is 0. The second kappa shape index (κ2) is 25.3. The zero-order chi connectivity index (χ0) is 2.00. The van der Waals surface area contributed by atoms with Gasteiger partial charge in [-0.05, 0) is 0 Å². The molecule has 0 spiro atoms. The first-order valence-corrected chi connectivity index (χ1v) is 2.37. The Kier molecular flexibility index (Phi) is 114. The number of rotatable bonds is 0. The predicted molar refractivity (Wildman–Crippen MR) is 5.85 cm³/mol. The van der Waals surface area contributed by atoms with Crippen LogP contribution in [0.4, 0.5) is 0 Å². The Morgan fingerprint density at radius 1 is 1.25 bits per heavy atom. The van der Waals surface area contributed by atoms with Gasteiger partial charge in [0.05, 0.1) is 0 Å². The second-order valence-electron chi connectivity index (χ2n) is 0. The van der Waals surface area contributed by atoms with Crippen LogP contribution in [0.25, 0.3) is 0 Å². The van der Waals surface area contributed by atoms with Gasteiger partial charge in [0, 0.05) is 0 Å². The van der Waals surface area contributed by atoms with Gasteiger partial charge in [-0.2, -0.15) is 0 Å². The summed E-state index contributed by atoms with van der Waals surface area (Å²) < 4.78 is 0. The summed E-state index contributed by atoms with van der Waals surface area (Å²) in [5.41, 5.74) is 0. The van der Waals surface area contributed by atoms with E-state index >= 15 is 0 Å². The smallest absolute Gasteiger partial charge is 1.00 e. The number of hydrogen-bond donors (Lipinski definition) is 0. The monoisotopic (exact) mass is 163 g/mol. The molecule has 0 aliphatic heterocycles. The van der Waals surface area contributed by atoms with Crippen molar-refractivity contribution in [3.8, 4) is 0 Å². The van der Waals surface area contributed by atoms with Crippen molar-refractivity contribution in [2.75, 3.05) is 0 Å². The quantitative estimate of drug-likeness (QED) is 0.312. The van der Waals surface area contributed by atoms with Crippen LogP contribution in [0.2, 0.25) is 0 Å². The molecule has 0 aromatic rings. The maximum absolute atomic E-state index is 4.57. The molecule has 0 aromatic carbocycles. The Hall–Kier alpha value is 1.44. The topological polar surface area (TPSA) is 0 Å². The van der Waals surface area contributed by atoms with E-state index in [-0.39, 0.29) is 23.6 Å². The standard InChI is InChI=1S/ClH.FH.Li.Ru/h2*1H;;/q;;2*+1/p-2. The summed E-state index contributed by atoms with van der Waals surface area (Å²) in [6, 6.07) is 0. The molecule has 0 radical (unpaired) electrons. The summed E-state index contributed by atoms with van der Waals surface area (Å²) >= 11 is 1.82. The molecular formula is ClFLiRu. The average molecular weight is 162 g/mol. The molecular weight excluding hydrogens is 162 g/mol. The van der Waals surface area contributed by atoms with Gasteiger partial charge < -0.3 is 4.70 Å². The van der Waals surface area contributed by atoms with Gasteiger partial charge in [-0.25, -0.2) is 0 Å². The van der Waals surface area contributed by atoms with Crippen LogP contribution in [0.5, 0.6) is 0 Å². The third kappa shape index (κ3) is 9.87. The van der Waals surface area contributed by atoms with Gasteiger partial charge in [-0.15, -0.1) is 0 Å². The van der Waals surface area contributed by atoms with E-state index in [2.05, 4.69) is 9.69 Å². The Morgan fingerprint density at radius 2 is 1.25 bits per heavy atom. The summed E-state index contributed by atoms with van der Waals surface area (Å²) in [5, 5.41) is 0. The van der Waals surface area contributed by atoms with Gasteiger partial charge in [0.15, 0.2) is 0 Å². The largest absolute Gasteiger partial charge is 1.00 e. The van der Waals surface area contributed by atoms with E-state index in [9.17, 15) is 0 Å². The van der Waals surface area contributed by atoms with E-state index < -0.39 is 0 Å². The molecule has 0 bridgehead atoms. The van der Waals surface area contributed by atoms with Crippen molar-refractivity contribution in [2.24, 2.45) is 0 Å². The van der Waals surface area contributed by atoms with Gasteiger partial charge in [0.25, 0.3) is 0 Å². The predicted octanol–water partition coefficient (Wildman–Crippen LogP) is -5.30. The van der Waals surface area contributed by atoms with Crippen molar-refractivity contribution < 1.29 is 40.9 Å². The van der Waals surface area contributed by atoms with Crippen molar-refractivity contribution in [3.05, 3.63) is 0 Å². The minimum absolute atomic E-state index is 0. The molecule has 0 N–H and O–H groups in total. The van der Waals surface area contributed by atoms with E-state index in [4.69, 9.17) is 0 Å². The molecule has 0 fully saturated rings. The van der Waals surface area contributed by atoms with E-state index in [1.54, 1.807) is 0 Å². The number of halogens is 2. The summed E-state index contributed by atoms with van der Waals surface area (Å²) in [6.45, 7) is 0. The van der Waals surface area contributed by atoms with Gasteiger partial charge in [0.1, 0.15) is 0 Å². The van der Waals surface area contributed by atoms with Gasteiger partial charge in [-0.3, -0.25) is 0 Å². The third-order valence-corrected chi connectivity index (χ3v) is 0. The summed E-state index contributed by atoms with van der Waals surface area (Å²) in [6.07, 6.45) is 0. The van der Waals surface area contributed by atoms with Crippen LogP contribution >= 0.6 is 9.69 Å². The van der Waals surface area contributed by atoms with Crippen molar-refractivity contribution in [3.63, 3.8) is 0 Å². The second-order valence-corrected chi connectivity index (χ2v) is 0. The first kappa shape index (κ1) is 18.0. The minimum atomic E-state index is 0. The number of hydrogen-bond acceptors (Lipinski definition) is 0. The van der Waals surface area contributed by atoms with Crippen LogP contribution in [0.3, 0.4) is 0 Å². The summed E-state index contributed by atoms with van der Waals surface area (Å²) in [7, 11) is 4.57. The van der Waals surface area contributed by atoms with Crippen LogP contribution in [-0.4, -0.2) is 0 Å². The third-order valence-electron chi connectivity index (χ3n) is 0. The van der Waals surface area contributed by atoms with Gasteiger partial charge in [0.2, 0.25) is 0 Å². The van der Waals surface area contributed by atoms with Crippen LogP contribution in [0, 0.1) is 0 Å². The van der Waals surface area contributed by atoms with E-state index in [0.717, 1.165) is 0 Å². The molecule has 0 aliphatic rings. The van der Waals surface area contributed by atoms with Crippen molar-refractivity contribution in [1.82, 2.24) is 0 Å². The molecule has 0 heterocycles. The van der Waals surface area contributed by atoms with E-state index in [1.165, 1.54) is 0 Å². The van der Waals surface area contributed by atoms with Crippen LogP contribution in [0.15, 0.2) is 0 Å². The molecule has 0 aliphatic carbocycles. The molecule has 4 heavy (non-hydrogen) atoms. The molecule has 0 rings (SSSR count). The molecule has 4 heteroatoms. The first-order valence-electron chi connectivity index (χ1n) is 0.134. The van der Waals surface area contributed by atoms with Crippen molar-refractivity contribution in [2.45, 2.75) is 0 Å². The van der Waals surface area contributed by atoms with E-state index in [0.29, 0.717) is 0 Å². The fourth-order valence-electron chi connectivity index (χ4n) is 0. The molecule has 23 valence electrons. The minimum Gasteiger partial charge on any atom is -1.00 e. The first-order chi connectivity index (χ1) is 1.00. The SMILES string of the molecule is [Cl][Ru].[F-].[Li+]. The van der Waals surface area contributed by atoms with Crippen LogP contribution in [-0.2, 0) is 17.3 Å². The molecule has 0 amide bonds. The van der Waals surface area contributed by atoms with Gasteiger partial charge >= 0.3 is 45.9 Å². The molecule has 0 unspecified atom stereocenters. The van der Waals surface area contributed by atoms with Crippen molar-refractivity contribution >= 4 is 9.69 Å². The zero-order valence-electron chi connectivity index (χ0n) is 2.11. The van der Waals surface area contributed by atoms with Crippen LogP contribution < -0.4 is 23.6 Å². The summed E-state index contributed by atoms with van der Waals surface area (Å²) in [4.78, 5) is 0. The summed E-state index contributed by atoms with van der Waals surface area (Å²) in [5.74, 6) is 0. The normalized spacial score (nSPS) is 1.50. The van der Waals surface area contributed by atoms with Crippen molar-refractivity contribution in [1.29, 1.82) is 0 Å². The Labute approximate surface area is 50.5 Å². The Bertz CT molecular complexity index is 8.00. The molecule has 0 saturated carbocycles. The average Bonchev–Trinajstić information content (AvgIpc) is 1.00.